The quantitative estimate of drug-likeness (QED) is 0.0405. The standard InChI is InChI=1S/C64H52BF16/c1-5-9-13-33-17-25-37(26-18-33)41-49(66)57(74)45(58(75)50(41)67)65(46-59(76)51(68)42(52(69)60(46)77)38-27-19-34(20-28-38)14-10-6-2,47-61(78)53(70)43(54(71)62(47)79)39-29-21-35(22-30-39)15-11-7-3)48-63(80)55(72)44(56(73)64(48)81)40-31-23-36(24-32-40)16-12-8-4/h17-32H,5-16H2,1-4H3/q-1. The van der Waals surface area contributed by atoms with Crippen LogP contribution in [0.5, 0.6) is 0 Å². The minimum atomic E-state index is -6.91. The van der Waals surface area contributed by atoms with Gasteiger partial charge in [0.15, 0.2) is 46.5 Å². The molecule has 0 saturated carbocycles. The Morgan fingerprint density at radius 3 is 0.506 bits per heavy atom. The average Bonchev–Trinajstić information content (AvgIpc) is 3.46. The zero-order valence-electron chi connectivity index (χ0n) is 44.3. The van der Waals surface area contributed by atoms with Crippen LogP contribution in [0.2, 0.25) is 0 Å². The summed E-state index contributed by atoms with van der Waals surface area (Å²) in [5.74, 6) is -46.4. The molecule has 81 heavy (non-hydrogen) atoms. The fourth-order valence-electron chi connectivity index (χ4n) is 10.9. The Hall–Kier alpha value is -7.30. The molecule has 8 rings (SSSR count). The zero-order valence-corrected chi connectivity index (χ0v) is 44.3. The van der Waals surface area contributed by atoms with Crippen LogP contribution in [0.25, 0.3) is 44.5 Å². The molecule has 0 fully saturated rings. The molecule has 0 heterocycles. The molecule has 0 atom stereocenters. The van der Waals surface area contributed by atoms with E-state index in [1.165, 1.54) is 48.5 Å². The lowest BCUT2D eigenvalue weighted by molar-refractivity contribution is 0.457. The zero-order chi connectivity index (χ0) is 58.8. The summed E-state index contributed by atoms with van der Waals surface area (Å²) in [4.78, 5) is 0. The number of rotatable bonds is 20. The van der Waals surface area contributed by atoms with Crippen molar-refractivity contribution in [2.75, 3.05) is 0 Å². The predicted molar refractivity (Wildman–Crippen MR) is 286 cm³/mol. The maximum atomic E-state index is 17.9. The molecule has 0 unspecified atom stereocenters. The summed E-state index contributed by atoms with van der Waals surface area (Å²) in [5, 5.41) is 0. The van der Waals surface area contributed by atoms with E-state index >= 15 is 70.2 Å². The molecule has 17 heteroatoms. The van der Waals surface area contributed by atoms with Crippen molar-refractivity contribution in [3.63, 3.8) is 0 Å². The van der Waals surface area contributed by atoms with Crippen molar-refractivity contribution >= 4 is 28.0 Å². The highest BCUT2D eigenvalue weighted by Crippen LogP contribution is 2.39. The summed E-state index contributed by atoms with van der Waals surface area (Å²) in [5.41, 5.74) is -19.6. The van der Waals surface area contributed by atoms with Crippen molar-refractivity contribution in [1.82, 2.24) is 0 Å². The molecule has 0 bridgehead atoms. The van der Waals surface area contributed by atoms with Gasteiger partial charge < -0.3 is 0 Å². The van der Waals surface area contributed by atoms with Gasteiger partial charge in [-0.2, -0.15) is 0 Å². The number of aryl methyl sites for hydroxylation is 4. The third kappa shape index (κ3) is 10.7. The van der Waals surface area contributed by atoms with Crippen LogP contribution in [-0.2, 0) is 25.7 Å². The van der Waals surface area contributed by atoms with Gasteiger partial charge in [0.2, 0.25) is 0 Å². The molecular formula is C64H52BF16-. The summed E-state index contributed by atoms with van der Waals surface area (Å²) in [6.45, 7) is 7.39. The van der Waals surface area contributed by atoms with Crippen molar-refractivity contribution < 1.29 is 70.2 Å². The van der Waals surface area contributed by atoms with Crippen LogP contribution in [0.1, 0.15) is 101 Å². The molecule has 0 N–H and O–H groups in total. The van der Waals surface area contributed by atoms with Crippen LogP contribution in [0.15, 0.2) is 97.1 Å². The molecule has 0 aromatic heterocycles. The highest BCUT2D eigenvalue weighted by Gasteiger charge is 2.52. The van der Waals surface area contributed by atoms with E-state index in [0.717, 1.165) is 48.5 Å². The SMILES string of the molecule is CCCCc1ccc(-c2c(F)c(F)c([B-](c3c(F)c(F)c(-c4ccc(CCCC)cc4)c(F)c3F)(c3c(F)c(F)c(-c4ccc(CCCC)cc4)c(F)c3F)c3c(F)c(F)c(-c4ccc(CCCC)cc4)c(F)c3F)c(F)c2F)cc1. The first-order valence-electron chi connectivity index (χ1n) is 26.7. The van der Waals surface area contributed by atoms with Crippen LogP contribution < -0.4 is 21.9 Å². The van der Waals surface area contributed by atoms with Gasteiger partial charge in [-0.15, -0.1) is 21.9 Å². The number of hydrogen-bond donors (Lipinski definition) is 0. The van der Waals surface area contributed by atoms with Crippen LogP contribution in [0, 0.1) is 93.1 Å². The molecule has 0 spiro atoms. The third-order valence-corrected chi connectivity index (χ3v) is 15.2. The number of hydrogen-bond acceptors (Lipinski definition) is 0. The van der Waals surface area contributed by atoms with Gasteiger partial charge in [-0.05, 0) is 95.9 Å². The lowest BCUT2D eigenvalue weighted by atomic mass is 9.12. The molecule has 0 aliphatic rings. The first-order chi connectivity index (χ1) is 38.7. The molecular weight excluding hydrogens is 1080 g/mol. The molecule has 8 aromatic carbocycles. The minimum Gasteiger partial charge on any atom is -0.207 e. The lowest BCUT2D eigenvalue weighted by Crippen LogP contribution is -2.81. The van der Waals surface area contributed by atoms with Crippen LogP contribution in [0.3, 0.4) is 0 Å². The lowest BCUT2D eigenvalue weighted by Gasteiger charge is -2.45. The fourth-order valence-corrected chi connectivity index (χ4v) is 10.9. The summed E-state index contributed by atoms with van der Waals surface area (Å²) >= 11 is 0. The van der Waals surface area contributed by atoms with Gasteiger partial charge in [-0.3, -0.25) is 0 Å². The van der Waals surface area contributed by atoms with E-state index in [4.69, 9.17) is 0 Å². The van der Waals surface area contributed by atoms with Gasteiger partial charge in [-0.1, -0.05) is 150 Å². The van der Waals surface area contributed by atoms with Gasteiger partial charge in [0, 0.05) is 0 Å². The Morgan fingerprint density at radius 2 is 0.370 bits per heavy atom. The summed E-state index contributed by atoms with van der Waals surface area (Å²) in [7, 11) is 0. The van der Waals surface area contributed by atoms with Crippen LogP contribution in [0.4, 0.5) is 70.2 Å². The van der Waals surface area contributed by atoms with E-state index in [9.17, 15) is 0 Å². The Bertz CT molecular complexity index is 3030. The molecule has 0 aliphatic heterocycles. The highest BCUT2D eigenvalue weighted by molar-refractivity contribution is 7.20. The van der Waals surface area contributed by atoms with Crippen LogP contribution in [-0.4, -0.2) is 6.15 Å². The number of halogens is 16. The van der Waals surface area contributed by atoms with Gasteiger partial charge in [0.05, 0.1) is 22.3 Å². The Balaban J connectivity index is 1.60. The number of benzene rings is 8. The fraction of sp³-hybridized carbons (Fsp3) is 0.250. The second-order valence-electron chi connectivity index (χ2n) is 20.2. The van der Waals surface area contributed by atoms with Gasteiger partial charge in [-0.25, -0.2) is 70.2 Å². The van der Waals surface area contributed by atoms with E-state index in [-0.39, 0.29) is 0 Å². The van der Waals surface area contributed by atoms with Crippen molar-refractivity contribution in [3.05, 3.63) is 212 Å². The Kier molecular flexibility index (Phi) is 18.3. The second kappa shape index (κ2) is 24.8. The van der Waals surface area contributed by atoms with E-state index in [2.05, 4.69) is 0 Å². The first kappa shape index (κ1) is 59.8. The Labute approximate surface area is 458 Å². The van der Waals surface area contributed by atoms with Gasteiger partial charge >= 0.3 is 0 Å². The van der Waals surface area contributed by atoms with Crippen molar-refractivity contribution in [3.8, 4) is 44.5 Å². The number of unbranched alkanes of at least 4 members (excludes halogenated alkanes) is 4. The van der Waals surface area contributed by atoms with E-state index in [0.29, 0.717) is 99.3 Å². The average molecular weight is 1140 g/mol. The normalized spacial score (nSPS) is 11.8. The molecule has 0 aliphatic carbocycles. The highest BCUT2D eigenvalue weighted by atomic mass is 19.2. The van der Waals surface area contributed by atoms with Crippen molar-refractivity contribution in [2.45, 2.75) is 105 Å². The topological polar surface area (TPSA) is 0 Å². The van der Waals surface area contributed by atoms with Gasteiger partial charge in [0.25, 0.3) is 0 Å². The molecule has 424 valence electrons. The third-order valence-electron chi connectivity index (χ3n) is 15.2. The van der Waals surface area contributed by atoms with E-state index < -0.39 is 166 Å². The largest absolute Gasteiger partial charge is 0.207 e. The first-order valence-corrected chi connectivity index (χ1v) is 26.7. The van der Waals surface area contributed by atoms with E-state index in [1.54, 1.807) is 0 Å². The summed E-state index contributed by atoms with van der Waals surface area (Å²) in [6, 6.07) is 17.7. The van der Waals surface area contributed by atoms with Gasteiger partial charge in [0.1, 0.15) is 52.7 Å². The van der Waals surface area contributed by atoms with Crippen molar-refractivity contribution in [2.24, 2.45) is 0 Å². The van der Waals surface area contributed by atoms with Crippen LogP contribution >= 0.6 is 0 Å². The predicted octanol–water partition coefficient (Wildman–Crippen LogP) is 17.3. The Morgan fingerprint density at radius 1 is 0.222 bits per heavy atom. The second-order valence-corrected chi connectivity index (χ2v) is 20.2. The summed E-state index contributed by atoms with van der Waals surface area (Å²) in [6.07, 6.45) is -0.192. The monoisotopic (exact) mass is 1140 g/mol. The summed E-state index contributed by atoms with van der Waals surface area (Å²) < 4.78 is 281. The minimum absolute atomic E-state index is 0.391. The smallest absolute Gasteiger partial charge is 0.166 e. The maximum Gasteiger partial charge on any atom is 0.166 e. The molecule has 0 nitrogen and oxygen atoms in total. The molecule has 8 aromatic rings. The molecule has 0 radical (unpaired) electrons. The van der Waals surface area contributed by atoms with E-state index in [1.807, 2.05) is 27.7 Å². The maximum absolute atomic E-state index is 17.9. The molecule has 0 saturated heterocycles. The van der Waals surface area contributed by atoms with Crippen molar-refractivity contribution in [1.29, 1.82) is 0 Å². The molecule has 0 amide bonds.